The summed E-state index contributed by atoms with van der Waals surface area (Å²) in [7, 11) is 0. The lowest BCUT2D eigenvalue weighted by atomic mass is 10.4. The molecule has 12 heteroatoms. The Morgan fingerprint density at radius 1 is 1.50 bits per heavy atom. The number of carboxylic acids is 1. The van der Waals surface area contributed by atoms with E-state index >= 15 is 0 Å². The van der Waals surface area contributed by atoms with Gasteiger partial charge in [0.2, 0.25) is 0 Å². The monoisotopic (exact) mass is 328 g/mol. The maximum Gasteiger partial charge on any atom is 0.331 e. The number of aliphatic carboxylic acids is 1. The molecular formula is C8H16N4O6S2. The third-order valence-corrected chi connectivity index (χ3v) is 2.56. The molecule has 0 aliphatic rings. The highest BCUT2D eigenvalue weighted by atomic mass is 32.2. The van der Waals surface area contributed by atoms with E-state index < -0.39 is 24.0 Å². The number of rotatable bonds is 9. The summed E-state index contributed by atoms with van der Waals surface area (Å²) < 4.78 is 6.98. The van der Waals surface area contributed by atoms with Crippen molar-refractivity contribution in [3.8, 4) is 0 Å². The molecule has 0 unspecified atom stereocenters. The Morgan fingerprint density at radius 3 is 2.45 bits per heavy atom. The number of hydrogen-bond donors (Lipinski definition) is 4. The first-order chi connectivity index (χ1) is 9.44. The maximum atomic E-state index is 10.8. The van der Waals surface area contributed by atoms with Crippen LogP contribution in [0.25, 0.3) is 0 Å². The number of nitrogens with one attached hydrogen (secondary N) is 1. The fraction of sp³-hybridized carbons (Fsp3) is 0.750. The van der Waals surface area contributed by atoms with E-state index in [1.165, 1.54) is 0 Å². The number of carboxylic acid groups (broad SMARTS) is 1. The summed E-state index contributed by atoms with van der Waals surface area (Å²) in [4.78, 5) is 39.8. The minimum absolute atomic E-state index is 0.0266. The van der Waals surface area contributed by atoms with Crippen LogP contribution in [0, 0.1) is 9.81 Å². The minimum Gasteiger partial charge on any atom is -0.480 e. The number of esters is 1. The lowest BCUT2D eigenvalue weighted by Crippen LogP contribution is -2.36. The van der Waals surface area contributed by atoms with Crippen LogP contribution in [0.2, 0.25) is 0 Å². The third kappa shape index (κ3) is 11.7. The highest BCUT2D eigenvalue weighted by Gasteiger charge is 2.16. The molecule has 0 radical (unpaired) electrons. The van der Waals surface area contributed by atoms with Crippen LogP contribution in [-0.2, 0) is 14.3 Å². The fourth-order valence-electron chi connectivity index (χ4n) is 0.657. The highest BCUT2D eigenvalue weighted by Crippen LogP contribution is 2.00. The first-order valence-electron chi connectivity index (χ1n) is 5.22. The van der Waals surface area contributed by atoms with Gasteiger partial charge in [0.05, 0.1) is 11.9 Å². The van der Waals surface area contributed by atoms with Gasteiger partial charge in [-0.2, -0.15) is 12.6 Å². The predicted octanol–water partition coefficient (Wildman–Crippen LogP) is -0.0682. The molecule has 0 heterocycles. The highest BCUT2D eigenvalue weighted by molar-refractivity contribution is 7.97. The molecule has 0 aromatic heterocycles. The lowest BCUT2D eigenvalue weighted by Gasteiger charge is -2.09. The van der Waals surface area contributed by atoms with Gasteiger partial charge in [0.15, 0.2) is 6.04 Å². The number of carbonyl (C=O) groups excluding carboxylic acids is 1. The molecule has 2 atom stereocenters. The molecule has 10 nitrogen and oxygen atoms in total. The Labute approximate surface area is 124 Å². The quantitative estimate of drug-likeness (QED) is 0.149. The Morgan fingerprint density at radius 2 is 2.10 bits per heavy atom. The van der Waals surface area contributed by atoms with Gasteiger partial charge < -0.3 is 15.6 Å². The maximum absolute atomic E-state index is 10.8. The topological polar surface area (TPSA) is 161 Å². The molecule has 116 valence electrons. The molecule has 0 spiro atoms. The van der Waals surface area contributed by atoms with Gasteiger partial charge in [-0.15, -0.1) is 9.81 Å². The number of hydrogen-bond acceptors (Lipinski definition) is 10. The second-order valence-corrected chi connectivity index (χ2v) is 4.13. The van der Waals surface area contributed by atoms with Crippen molar-refractivity contribution in [2.75, 3.05) is 18.1 Å². The molecule has 0 bridgehead atoms. The minimum atomic E-state index is -1.12. The molecule has 0 aromatic rings. The van der Waals surface area contributed by atoms with Crippen molar-refractivity contribution in [2.24, 2.45) is 15.6 Å². The average molecular weight is 328 g/mol. The van der Waals surface area contributed by atoms with Crippen molar-refractivity contribution in [1.82, 2.24) is 5.43 Å². The van der Waals surface area contributed by atoms with Gasteiger partial charge in [-0.05, 0) is 6.92 Å². The molecule has 0 aromatic carbocycles. The van der Waals surface area contributed by atoms with E-state index in [2.05, 4.69) is 27.2 Å². The molecular weight excluding hydrogens is 312 g/mol. The van der Waals surface area contributed by atoms with E-state index in [0.717, 1.165) is 0 Å². The van der Waals surface area contributed by atoms with Crippen LogP contribution < -0.4 is 11.2 Å². The van der Waals surface area contributed by atoms with Crippen molar-refractivity contribution in [3.63, 3.8) is 0 Å². The Hall–Kier alpha value is -1.40. The number of nitrogens with two attached hydrogens (primary N) is 1. The van der Waals surface area contributed by atoms with Gasteiger partial charge in [0.1, 0.15) is 6.04 Å². The number of thiol groups is 1. The standard InChI is InChI=1S/C5H10N2O3S.C3H6N2O3S/c1-2-10-5(8)4(3-11)6-7-9;4-2(3(6)7)1-9-5-8/h4,11H,2-3H2,1H3,(H,6,9);2H,1,4H2,(H,6,7)/t4-;2-/m00/s1. The third-order valence-electron chi connectivity index (χ3n) is 1.59. The number of nitroso groups, excluding NO2 is 2. The van der Waals surface area contributed by atoms with E-state index in [1.807, 2.05) is 5.43 Å². The SMILES string of the molecule is CCOC(=O)[C@H](CS)NN=O.N[C@@H](CSN=O)C(=O)O. The zero-order valence-electron chi connectivity index (χ0n) is 10.6. The van der Waals surface area contributed by atoms with Gasteiger partial charge in [-0.25, -0.2) is 4.79 Å². The van der Waals surface area contributed by atoms with Crippen LogP contribution in [0.4, 0.5) is 0 Å². The molecule has 4 N–H and O–H groups in total. The van der Waals surface area contributed by atoms with Gasteiger partial charge in [-0.1, -0.05) is 0 Å². The summed E-state index contributed by atoms with van der Waals surface area (Å²) in [5.41, 5.74) is 7.02. The smallest absolute Gasteiger partial charge is 0.331 e. The van der Waals surface area contributed by atoms with Crippen LogP contribution in [0.5, 0.6) is 0 Å². The Balaban J connectivity index is 0. The summed E-state index contributed by atoms with van der Waals surface area (Å²) in [6, 6.07) is -1.73. The van der Waals surface area contributed by atoms with E-state index in [0.29, 0.717) is 11.9 Å². The molecule has 0 saturated carbocycles. The summed E-state index contributed by atoms with van der Waals surface area (Å²) >= 11 is 4.43. The summed E-state index contributed by atoms with van der Waals surface area (Å²) in [6.07, 6.45) is 0. The second-order valence-electron chi connectivity index (χ2n) is 3.02. The van der Waals surface area contributed by atoms with E-state index in [1.54, 1.807) is 6.92 Å². The van der Waals surface area contributed by atoms with Crippen LogP contribution in [0.15, 0.2) is 9.87 Å². The van der Waals surface area contributed by atoms with Crippen molar-refractivity contribution < 1.29 is 19.4 Å². The summed E-state index contributed by atoms with van der Waals surface area (Å²) in [5.74, 6) is -1.42. The molecule has 0 amide bonds. The zero-order chi connectivity index (χ0) is 16.0. The predicted molar refractivity (Wildman–Crippen MR) is 77.1 cm³/mol. The Kier molecular flexibility index (Phi) is 14.7. The first-order valence-corrected chi connectivity index (χ1v) is 6.80. The largest absolute Gasteiger partial charge is 0.480 e. The van der Waals surface area contributed by atoms with Crippen LogP contribution in [0.1, 0.15) is 6.92 Å². The van der Waals surface area contributed by atoms with Gasteiger partial charge >= 0.3 is 11.9 Å². The number of carbonyl (C=O) groups is 2. The number of ether oxygens (including phenoxy) is 1. The summed E-state index contributed by atoms with van der Waals surface area (Å²) in [5, 5.41) is 10.5. The van der Waals surface area contributed by atoms with E-state index in [9.17, 15) is 19.4 Å². The van der Waals surface area contributed by atoms with Crippen LogP contribution >= 0.6 is 24.6 Å². The van der Waals surface area contributed by atoms with Gasteiger partial charge in [-0.3, -0.25) is 10.2 Å². The normalized spacial score (nSPS) is 12.2. The zero-order valence-corrected chi connectivity index (χ0v) is 12.3. The fourth-order valence-corrected chi connectivity index (χ4v) is 1.25. The Bertz CT molecular complexity index is 319. The second kappa shape index (κ2) is 14.0. The molecule has 20 heavy (non-hydrogen) atoms. The van der Waals surface area contributed by atoms with E-state index in [4.69, 9.17) is 10.8 Å². The van der Waals surface area contributed by atoms with Crippen LogP contribution in [-0.4, -0.2) is 47.2 Å². The van der Waals surface area contributed by atoms with Crippen molar-refractivity contribution in [2.45, 2.75) is 19.0 Å². The molecule has 0 aliphatic carbocycles. The van der Waals surface area contributed by atoms with Gasteiger partial charge in [0.25, 0.3) is 0 Å². The molecule has 0 saturated heterocycles. The molecule has 0 fully saturated rings. The summed E-state index contributed by atoms with van der Waals surface area (Å²) in [6.45, 7) is 1.96. The number of nitrogens with zero attached hydrogens (tertiary/aromatic N) is 2. The van der Waals surface area contributed by atoms with Crippen molar-refractivity contribution >= 4 is 36.5 Å². The van der Waals surface area contributed by atoms with Crippen molar-refractivity contribution in [1.29, 1.82) is 0 Å². The molecule has 0 rings (SSSR count). The lowest BCUT2D eigenvalue weighted by molar-refractivity contribution is -0.145. The van der Waals surface area contributed by atoms with E-state index in [-0.39, 0.29) is 18.1 Å². The first kappa shape index (κ1) is 20.9. The van der Waals surface area contributed by atoms with Crippen LogP contribution in [0.3, 0.4) is 0 Å². The average Bonchev–Trinajstić information content (AvgIpc) is 2.42. The molecule has 0 aliphatic heterocycles. The van der Waals surface area contributed by atoms with Crippen molar-refractivity contribution in [3.05, 3.63) is 9.81 Å². The van der Waals surface area contributed by atoms with Gasteiger partial charge in [0, 0.05) is 28.0 Å².